The average molecular weight is 334 g/mol. The summed E-state index contributed by atoms with van der Waals surface area (Å²) in [6.45, 7) is 0. The number of aromatic nitrogens is 1. The summed E-state index contributed by atoms with van der Waals surface area (Å²) < 4.78 is 0. The predicted molar refractivity (Wildman–Crippen MR) is 93.2 cm³/mol. The van der Waals surface area contributed by atoms with Crippen molar-refractivity contribution in [2.45, 2.75) is 4.90 Å². The number of H-pyrrole nitrogens is 1. The van der Waals surface area contributed by atoms with Crippen molar-refractivity contribution in [3.05, 3.63) is 65.3 Å². The van der Waals surface area contributed by atoms with Gasteiger partial charge in [-0.05, 0) is 55.4 Å². The fourth-order valence-electron chi connectivity index (χ4n) is 1.79. The Labute approximate surface area is 138 Å². The molecule has 0 aliphatic heterocycles. The van der Waals surface area contributed by atoms with Crippen molar-refractivity contribution >= 4 is 40.7 Å². The van der Waals surface area contributed by atoms with Crippen LogP contribution < -0.4 is 10.3 Å². The van der Waals surface area contributed by atoms with E-state index in [0.717, 1.165) is 17.2 Å². The molecule has 3 N–H and O–H groups in total. The normalized spacial score (nSPS) is 10.1. The van der Waals surface area contributed by atoms with Crippen LogP contribution >= 0.6 is 23.5 Å². The predicted octanol–water partition coefficient (Wildman–Crippen LogP) is 4.05. The zero-order valence-electron chi connectivity index (χ0n) is 12.0. The molecule has 0 amide bonds. The first-order chi connectivity index (χ1) is 10.7. The van der Waals surface area contributed by atoms with Gasteiger partial charge in [0.25, 0.3) is 0 Å². The van der Waals surface area contributed by atoms with Crippen molar-refractivity contribution in [3.8, 4) is 0 Å². The van der Waals surface area contributed by atoms with E-state index >= 15 is 0 Å². The van der Waals surface area contributed by atoms with Crippen LogP contribution in [0, 0.1) is 0 Å². The van der Waals surface area contributed by atoms with E-state index in [9.17, 15) is 4.79 Å². The molecule has 0 saturated carbocycles. The van der Waals surface area contributed by atoms with Crippen molar-refractivity contribution in [2.75, 3.05) is 7.05 Å². The van der Waals surface area contributed by atoms with Gasteiger partial charge in [0.1, 0.15) is 0 Å². The molecule has 0 aliphatic rings. The molecule has 0 atom stereocenters. The summed E-state index contributed by atoms with van der Waals surface area (Å²) in [7, 11) is 1.84. The number of fused-ring (bicyclic) bond motifs is 1. The highest BCUT2D eigenvalue weighted by Crippen LogP contribution is 2.19. The molecular formula is C16H16ClN3OS. The standard InChI is InChI=1S/C9H6ClNO.C7H10N2S/c10-7-1-2-9-6(3-7)4-8(5-12)11-9;1-8-9-10-7-5-3-2-4-6-7/h1-5,11H;2-6,8-9H,1H3. The van der Waals surface area contributed by atoms with E-state index in [1.165, 1.54) is 4.90 Å². The molecule has 1 heterocycles. The summed E-state index contributed by atoms with van der Waals surface area (Å²) in [4.78, 5) is 17.5. The van der Waals surface area contributed by atoms with Gasteiger partial charge in [-0.2, -0.15) is 4.83 Å². The zero-order valence-corrected chi connectivity index (χ0v) is 13.5. The maximum absolute atomic E-state index is 10.4. The first-order valence-electron chi connectivity index (χ1n) is 6.60. The highest BCUT2D eigenvalue weighted by atomic mass is 35.5. The lowest BCUT2D eigenvalue weighted by atomic mass is 10.2. The molecule has 0 aliphatic carbocycles. The second kappa shape index (κ2) is 8.60. The average Bonchev–Trinajstić information content (AvgIpc) is 2.96. The number of hydrazine groups is 1. The molecule has 3 aromatic rings. The van der Waals surface area contributed by atoms with E-state index < -0.39 is 0 Å². The Morgan fingerprint density at radius 3 is 2.59 bits per heavy atom. The first-order valence-corrected chi connectivity index (χ1v) is 7.79. The monoisotopic (exact) mass is 333 g/mol. The number of hydrogen-bond acceptors (Lipinski definition) is 4. The van der Waals surface area contributed by atoms with Crippen LogP contribution in [-0.2, 0) is 0 Å². The van der Waals surface area contributed by atoms with E-state index in [4.69, 9.17) is 11.6 Å². The fourth-order valence-corrected chi connectivity index (χ4v) is 2.48. The summed E-state index contributed by atoms with van der Waals surface area (Å²) >= 11 is 7.33. The molecule has 0 bridgehead atoms. The quantitative estimate of drug-likeness (QED) is 0.383. The summed E-state index contributed by atoms with van der Waals surface area (Å²) in [6.07, 6.45) is 0.786. The highest BCUT2D eigenvalue weighted by molar-refractivity contribution is 7.97. The van der Waals surface area contributed by atoms with Gasteiger partial charge in [-0.1, -0.05) is 29.8 Å². The largest absolute Gasteiger partial charge is 0.352 e. The Hall–Kier alpha value is -1.79. The minimum atomic E-state index is 0.576. The van der Waals surface area contributed by atoms with Crippen molar-refractivity contribution in [1.82, 2.24) is 15.2 Å². The summed E-state index contributed by atoms with van der Waals surface area (Å²) in [6, 6.07) is 17.4. The van der Waals surface area contributed by atoms with Gasteiger partial charge in [0.15, 0.2) is 6.29 Å². The summed E-state index contributed by atoms with van der Waals surface area (Å²) in [5.41, 5.74) is 4.34. The lowest BCUT2D eigenvalue weighted by Gasteiger charge is -1.99. The number of aromatic amines is 1. The Morgan fingerprint density at radius 1 is 1.14 bits per heavy atom. The van der Waals surface area contributed by atoms with E-state index in [1.54, 1.807) is 24.1 Å². The zero-order chi connectivity index (χ0) is 15.8. The number of rotatable bonds is 4. The van der Waals surface area contributed by atoms with E-state index in [-0.39, 0.29) is 0 Å². The molecule has 0 fully saturated rings. The lowest BCUT2D eigenvalue weighted by Crippen LogP contribution is -2.18. The molecular weight excluding hydrogens is 318 g/mol. The Bertz CT molecular complexity index is 731. The maximum atomic E-state index is 10.4. The fraction of sp³-hybridized carbons (Fsp3) is 0.0625. The van der Waals surface area contributed by atoms with Gasteiger partial charge in [0.2, 0.25) is 0 Å². The van der Waals surface area contributed by atoms with Gasteiger partial charge < -0.3 is 4.98 Å². The lowest BCUT2D eigenvalue weighted by molar-refractivity contribution is 0.112. The molecule has 1 aromatic heterocycles. The van der Waals surface area contributed by atoms with Crippen molar-refractivity contribution < 1.29 is 4.79 Å². The maximum Gasteiger partial charge on any atom is 0.166 e. The SMILES string of the molecule is CNNSc1ccccc1.O=Cc1cc2cc(Cl)ccc2[nH]1. The van der Waals surface area contributed by atoms with Gasteiger partial charge >= 0.3 is 0 Å². The highest BCUT2D eigenvalue weighted by Gasteiger charge is 1.98. The van der Waals surface area contributed by atoms with Gasteiger partial charge in [-0.25, -0.2) is 0 Å². The van der Waals surface area contributed by atoms with Gasteiger partial charge in [-0.3, -0.25) is 10.2 Å². The van der Waals surface area contributed by atoms with Crippen LogP contribution in [0.15, 0.2) is 59.5 Å². The third-order valence-corrected chi connectivity index (χ3v) is 3.79. The van der Waals surface area contributed by atoms with Crippen molar-refractivity contribution in [1.29, 1.82) is 0 Å². The van der Waals surface area contributed by atoms with Crippen LogP contribution in [0.2, 0.25) is 5.02 Å². The van der Waals surface area contributed by atoms with Crippen LogP contribution in [-0.4, -0.2) is 18.3 Å². The molecule has 0 radical (unpaired) electrons. The second-order valence-electron chi connectivity index (χ2n) is 4.34. The minimum Gasteiger partial charge on any atom is -0.352 e. The molecule has 6 heteroatoms. The van der Waals surface area contributed by atoms with E-state index in [2.05, 4.69) is 27.4 Å². The van der Waals surface area contributed by atoms with E-state index in [1.807, 2.05) is 37.4 Å². The number of carbonyl (C=O) groups is 1. The third-order valence-electron chi connectivity index (χ3n) is 2.74. The minimum absolute atomic E-state index is 0.576. The van der Waals surface area contributed by atoms with Crippen molar-refractivity contribution in [3.63, 3.8) is 0 Å². The number of halogens is 1. The molecule has 4 nitrogen and oxygen atoms in total. The van der Waals surface area contributed by atoms with Crippen LogP contribution in [0.3, 0.4) is 0 Å². The molecule has 22 heavy (non-hydrogen) atoms. The molecule has 0 unspecified atom stereocenters. The Kier molecular flexibility index (Phi) is 6.48. The van der Waals surface area contributed by atoms with Gasteiger partial charge in [0.05, 0.1) is 5.69 Å². The topological polar surface area (TPSA) is 56.9 Å². The van der Waals surface area contributed by atoms with Crippen LogP contribution in [0.4, 0.5) is 0 Å². The molecule has 0 saturated heterocycles. The van der Waals surface area contributed by atoms with Gasteiger partial charge in [0, 0.05) is 20.8 Å². The smallest absolute Gasteiger partial charge is 0.166 e. The molecule has 0 spiro atoms. The van der Waals surface area contributed by atoms with E-state index in [0.29, 0.717) is 10.7 Å². The number of carbonyl (C=O) groups excluding carboxylic acids is 1. The number of hydrogen-bond donors (Lipinski definition) is 3. The number of benzene rings is 2. The summed E-state index contributed by atoms with van der Waals surface area (Å²) in [5.74, 6) is 0. The number of nitrogens with one attached hydrogen (secondary N) is 3. The van der Waals surface area contributed by atoms with Crippen LogP contribution in [0.1, 0.15) is 10.5 Å². The third kappa shape index (κ3) is 4.89. The summed E-state index contributed by atoms with van der Waals surface area (Å²) in [5, 5.41) is 1.64. The Morgan fingerprint density at radius 2 is 1.91 bits per heavy atom. The van der Waals surface area contributed by atoms with Crippen LogP contribution in [0.25, 0.3) is 10.9 Å². The number of aldehydes is 1. The second-order valence-corrected chi connectivity index (χ2v) is 5.66. The molecule has 114 valence electrons. The van der Waals surface area contributed by atoms with Gasteiger partial charge in [-0.15, -0.1) is 0 Å². The van der Waals surface area contributed by atoms with Crippen LogP contribution in [0.5, 0.6) is 0 Å². The van der Waals surface area contributed by atoms with Crippen molar-refractivity contribution in [2.24, 2.45) is 0 Å². The first kappa shape index (κ1) is 16.6. The molecule has 2 aromatic carbocycles. The molecule has 3 rings (SSSR count). The Balaban J connectivity index is 0.000000164.